The molecule has 0 N–H and O–H groups in total. The molecule has 1 saturated heterocycles. The first-order valence-electron chi connectivity index (χ1n) is 38.1. The van der Waals surface area contributed by atoms with Gasteiger partial charge in [0.05, 0.1) is 68.1 Å². The van der Waals surface area contributed by atoms with E-state index in [-0.39, 0.29) is 5.28 Å². The lowest BCUT2D eigenvalue weighted by molar-refractivity contribution is 0.00578. The summed E-state index contributed by atoms with van der Waals surface area (Å²) in [5, 5.41) is 19.1. The molecule has 0 atom stereocenters. The van der Waals surface area contributed by atoms with E-state index in [4.69, 9.17) is 30.9 Å². The molecule has 0 radical (unpaired) electrons. The minimum Gasteiger partial charge on any atom is -0.399 e. The number of hydrogen-bond donors (Lipinski definition) is 0. The first-order chi connectivity index (χ1) is 55.8. The largest absolute Gasteiger partial charge is 0.494 e. The van der Waals surface area contributed by atoms with Gasteiger partial charge in [-0.3, -0.25) is 0 Å². The molecular weight excluding hydrogens is 1450 g/mol. The Morgan fingerprint density at radius 3 is 0.930 bits per heavy atom. The second-order valence-electron chi connectivity index (χ2n) is 30.1. The van der Waals surface area contributed by atoms with Crippen LogP contribution in [0.5, 0.6) is 0 Å². The zero-order valence-corrected chi connectivity index (χ0v) is 65.1. The van der Waals surface area contributed by atoms with E-state index in [9.17, 15) is 10.5 Å². The van der Waals surface area contributed by atoms with Crippen molar-refractivity contribution in [1.29, 1.82) is 10.5 Å². The summed E-state index contributed by atoms with van der Waals surface area (Å²) >= 11 is 9.72. The van der Waals surface area contributed by atoms with Gasteiger partial charge in [0.2, 0.25) is 5.28 Å². The fourth-order valence-corrected chi connectivity index (χ4v) is 19.5. The van der Waals surface area contributed by atoms with Crippen molar-refractivity contribution in [2.45, 2.75) is 69.3 Å². The zero-order chi connectivity index (χ0) is 77.3. The van der Waals surface area contributed by atoms with Gasteiger partial charge in [-0.2, -0.15) is 10.5 Å². The lowest BCUT2D eigenvalue weighted by Crippen LogP contribution is -2.41. The van der Waals surface area contributed by atoms with E-state index in [0.29, 0.717) is 17.0 Å². The van der Waals surface area contributed by atoms with Gasteiger partial charge in [0.15, 0.2) is 5.82 Å². The highest BCUT2D eigenvalue weighted by molar-refractivity contribution is 7.99. The van der Waals surface area contributed by atoms with Crippen LogP contribution < -0.4 is 5.46 Å². The second kappa shape index (κ2) is 29.1. The molecule has 12 heteroatoms. The van der Waals surface area contributed by atoms with Crippen LogP contribution >= 0.6 is 35.1 Å². The number of rotatable bonds is 8. The summed E-state index contributed by atoms with van der Waals surface area (Å²) in [7, 11) is -0.450. The van der Waals surface area contributed by atoms with Crippen molar-refractivity contribution in [2.75, 3.05) is 0 Å². The number of halogens is 1. The van der Waals surface area contributed by atoms with E-state index in [1.165, 1.54) is 86.3 Å². The van der Waals surface area contributed by atoms with E-state index in [1.807, 2.05) is 151 Å². The molecule has 0 amide bonds. The van der Waals surface area contributed by atoms with Crippen molar-refractivity contribution in [3.05, 3.63) is 413 Å². The lowest BCUT2D eigenvalue weighted by Gasteiger charge is -2.40. The van der Waals surface area contributed by atoms with Crippen LogP contribution in [0.25, 0.3) is 101 Å². The predicted octanol–water partition coefficient (Wildman–Crippen LogP) is 24.7. The van der Waals surface area contributed by atoms with Crippen LogP contribution in [0.4, 0.5) is 0 Å². The van der Waals surface area contributed by atoms with E-state index in [1.54, 1.807) is 0 Å². The smallest absolute Gasteiger partial charge is 0.399 e. The molecule has 542 valence electrons. The maximum Gasteiger partial charge on any atom is 0.494 e. The van der Waals surface area contributed by atoms with Crippen molar-refractivity contribution < 1.29 is 9.31 Å². The highest BCUT2D eigenvalue weighted by Gasteiger charge is 2.55. The predicted molar refractivity (Wildman–Crippen MR) is 462 cm³/mol. The number of hydrogen-bond acceptors (Lipinski definition) is 10. The third kappa shape index (κ3) is 12.4. The molecule has 5 aliphatic rings. The summed E-state index contributed by atoms with van der Waals surface area (Å²) in [5.74, 6) is 0.694. The van der Waals surface area contributed by atoms with Gasteiger partial charge >= 0.3 is 7.12 Å². The Kier molecular flexibility index (Phi) is 18.2. The lowest BCUT2D eigenvalue weighted by atomic mass is 9.65. The fraction of sp³-hybridized carbons (Fsp3) is 0.0784. The van der Waals surface area contributed by atoms with Crippen molar-refractivity contribution >= 4 is 47.7 Å². The normalized spacial score (nSPS) is 14.5. The Morgan fingerprint density at radius 2 is 0.579 bits per heavy atom. The summed E-state index contributed by atoms with van der Waals surface area (Å²) in [6.45, 7) is 8.42. The number of aromatic nitrogens is 4. The third-order valence-corrected chi connectivity index (χ3v) is 25.6. The molecule has 5 heterocycles. The summed E-state index contributed by atoms with van der Waals surface area (Å²) in [6, 6.07) is 128. The highest BCUT2D eigenvalue weighted by Crippen LogP contribution is 2.65. The molecule has 21 rings (SSSR count). The number of fused-ring (bicyclic) bond motifs is 18. The number of benzene rings is 14. The Labute approximate surface area is 677 Å². The van der Waals surface area contributed by atoms with E-state index in [2.05, 4.69) is 274 Å². The molecule has 2 spiro atoms. The first-order valence-corrected chi connectivity index (χ1v) is 40.1. The molecule has 114 heavy (non-hydrogen) atoms. The van der Waals surface area contributed by atoms with Crippen molar-refractivity contribution in [1.82, 2.24) is 19.9 Å². The SMILES string of the molecule is CC1(C)OB(c2ccc3c(c2)C2(c4ccccc4Sc4ccccc42)c2cc(-c4ccc(C#N)cc4)ccc2-3)OC1(C)C.Clc1nc(-c2ccccc2)cc(-c2ccccc2)n1.N#Cc1ccc(-c2ccc3c(c2)C2(c4ccccc4Sc4ccccc42)c2cc(-c4nc(-c5ccccc5)cc(-c5ccccc5)n4)ccc2-3)cc1. The van der Waals surface area contributed by atoms with E-state index >= 15 is 0 Å². The van der Waals surface area contributed by atoms with Crippen molar-refractivity contribution in [2.24, 2.45) is 0 Å². The van der Waals surface area contributed by atoms with Crippen LogP contribution in [0.3, 0.4) is 0 Å². The van der Waals surface area contributed by atoms with Crippen LogP contribution in [-0.2, 0) is 20.1 Å². The van der Waals surface area contributed by atoms with Crippen molar-refractivity contribution in [3.63, 3.8) is 0 Å². The minimum absolute atomic E-state index is 0.264. The maximum atomic E-state index is 9.47. The van der Waals surface area contributed by atoms with Crippen LogP contribution in [0.15, 0.2) is 371 Å². The van der Waals surface area contributed by atoms with Gasteiger partial charge in [0, 0.05) is 47.4 Å². The molecule has 0 saturated carbocycles. The first kappa shape index (κ1) is 71.5. The highest BCUT2D eigenvalue weighted by atomic mass is 35.5. The summed E-state index contributed by atoms with van der Waals surface area (Å²) in [6.07, 6.45) is 0. The molecule has 0 unspecified atom stereocenters. The Bertz CT molecular complexity index is 6330. The van der Waals surface area contributed by atoms with Gasteiger partial charge < -0.3 is 9.31 Å². The number of nitriles is 2. The van der Waals surface area contributed by atoms with E-state index in [0.717, 1.165) is 78.3 Å². The molecule has 2 aromatic heterocycles. The van der Waals surface area contributed by atoms with Gasteiger partial charge in [-0.05, 0) is 213 Å². The van der Waals surface area contributed by atoms with Crippen LogP contribution in [-0.4, -0.2) is 38.3 Å². The van der Waals surface area contributed by atoms with E-state index < -0.39 is 29.2 Å². The van der Waals surface area contributed by atoms with Gasteiger partial charge in [-0.25, -0.2) is 19.9 Å². The molecule has 16 aromatic rings. The van der Waals surface area contributed by atoms with Gasteiger partial charge in [-0.1, -0.05) is 297 Å². The second-order valence-corrected chi connectivity index (χ2v) is 32.6. The summed E-state index contributed by atoms with van der Waals surface area (Å²) in [5.41, 5.74) is 28.5. The molecular formula is C102H70BClN6O2S2. The number of nitrogens with zero attached hydrogens (tertiary/aromatic N) is 6. The molecule has 8 nitrogen and oxygen atoms in total. The van der Waals surface area contributed by atoms with Crippen LogP contribution in [0.1, 0.15) is 83.3 Å². The van der Waals surface area contributed by atoms with Gasteiger partial charge in [-0.15, -0.1) is 0 Å². The minimum atomic E-state index is -0.568. The Hall–Kier alpha value is -12.8. The fourth-order valence-electron chi connectivity index (χ4n) is 16.9. The quantitative estimate of drug-likeness (QED) is 0.107. The molecule has 1 fully saturated rings. The average Bonchev–Trinajstić information content (AvgIpc) is 1.51. The average molecular weight is 1520 g/mol. The molecule has 14 aromatic carbocycles. The monoisotopic (exact) mass is 1520 g/mol. The Morgan fingerprint density at radius 1 is 0.289 bits per heavy atom. The summed E-state index contributed by atoms with van der Waals surface area (Å²) < 4.78 is 13.1. The standard InChI is InChI=1S/C48H29N3S.C38H30BNO2S.C16H11ClN2/c49-30-31-19-21-32(22-20-31)35-23-25-37-38-26-24-36(47-50-43(33-11-3-1-4-12-33)29-44(51-47)34-13-5-2-6-14-34)28-42(38)48(41(37)27-35)39-15-7-9-17-45(39)52-46-18-10-8-16-40(46)48;1-36(2)37(3,4)42-39(41-36)27-18-20-29-28-19-17-26(25-15-13-24(23-40)14-16-25)21-32(28)38(33(29)22-27)30-9-5-7-11-34(30)43-35-12-8-6-10-31(35)38;17-16-18-14(12-7-3-1-4-8-12)11-15(19-16)13-9-5-2-6-10-13/h1-29H;5-22H,1-4H3;1-11H. The van der Waals surface area contributed by atoms with Gasteiger partial charge in [0.25, 0.3) is 0 Å². The molecule has 2 aliphatic carbocycles. The van der Waals surface area contributed by atoms with Crippen LogP contribution in [0.2, 0.25) is 5.28 Å². The third-order valence-electron chi connectivity index (χ3n) is 23.1. The van der Waals surface area contributed by atoms with Crippen molar-refractivity contribution in [3.8, 4) is 113 Å². The van der Waals surface area contributed by atoms with Gasteiger partial charge in [0.1, 0.15) is 0 Å². The molecule has 3 aliphatic heterocycles. The zero-order valence-electron chi connectivity index (χ0n) is 62.8. The Balaban J connectivity index is 0.000000126. The summed E-state index contributed by atoms with van der Waals surface area (Å²) in [4.78, 5) is 24.1. The van der Waals surface area contributed by atoms with Crippen LogP contribution in [0, 0.1) is 22.7 Å². The topological polar surface area (TPSA) is 118 Å². The maximum absolute atomic E-state index is 9.47. The molecule has 0 bridgehead atoms.